The van der Waals surface area contributed by atoms with Crippen LogP contribution >= 0.6 is 0 Å². The lowest BCUT2D eigenvalue weighted by Gasteiger charge is -2.15. The molecule has 98 valence electrons. The second-order valence-electron chi connectivity index (χ2n) is 4.24. The molecule has 0 heterocycles. The first-order valence-corrected chi connectivity index (χ1v) is 5.74. The van der Waals surface area contributed by atoms with Crippen molar-refractivity contribution in [2.24, 2.45) is 0 Å². The van der Waals surface area contributed by atoms with Crippen molar-refractivity contribution in [3.05, 3.63) is 29.8 Å². The van der Waals surface area contributed by atoms with Crippen LogP contribution in [0.5, 0.6) is 0 Å². The fraction of sp³-hybridized carbons (Fsp3) is 0.462. The number of nitrogens with zero attached hydrogens (tertiary/aromatic N) is 1. The first-order valence-electron chi connectivity index (χ1n) is 5.74. The molecule has 2 nitrogen and oxygen atoms in total. The lowest BCUT2D eigenvalue weighted by Crippen LogP contribution is -2.16. The first kappa shape index (κ1) is 14.4. The van der Waals surface area contributed by atoms with Crippen molar-refractivity contribution in [2.75, 3.05) is 5.32 Å². The highest BCUT2D eigenvalue weighted by molar-refractivity contribution is 5.47. The van der Waals surface area contributed by atoms with Crippen molar-refractivity contribution < 1.29 is 13.2 Å². The Morgan fingerprint density at radius 3 is 2.39 bits per heavy atom. The molecule has 0 aromatic heterocycles. The summed E-state index contributed by atoms with van der Waals surface area (Å²) in [6, 6.07) is 8.82. The van der Waals surface area contributed by atoms with E-state index in [2.05, 4.69) is 5.32 Å². The second kappa shape index (κ2) is 6.29. The third-order valence-electron chi connectivity index (χ3n) is 2.52. The molecule has 0 amide bonds. The summed E-state index contributed by atoms with van der Waals surface area (Å²) in [4.78, 5) is 0. The van der Waals surface area contributed by atoms with Crippen LogP contribution in [-0.4, -0.2) is 12.2 Å². The fourth-order valence-corrected chi connectivity index (χ4v) is 1.61. The Balaban J connectivity index is 2.35. The van der Waals surface area contributed by atoms with Crippen LogP contribution in [0.15, 0.2) is 24.3 Å². The molecule has 0 bridgehead atoms. The number of alkyl halides is 3. The molecular formula is C13H15F3N2. The predicted octanol–water partition coefficient (Wildman–Crippen LogP) is 4.09. The van der Waals surface area contributed by atoms with Crippen molar-refractivity contribution in [1.82, 2.24) is 0 Å². The molecule has 0 spiro atoms. The number of nitrogens with one attached hydrogen (secondary N) is 1. The summed E-state index contributed by atoms with van der Waals surface area (Å²) in [6.07, 6.45) is -4.24. The van der Waals surface area contributed by atoms with Gasteiger partial charge in [0.2, 0.25) is 0 Å². The highest BCUT2D eigenvalue weighted by atomic mass is 19.4. The molecule has 0 saturated carbocycles. The molecule has 0 aliphatic rings. The lowest BCUT2D eigenvalue weighted by molar-refractivity contribution is -0.135. The molecule has 0 fully saturated rings. The molecule has 5 heteroatoms. The number of anilines is 1. The molecule has 18 heavy (non-hydrogen) atoms. The summed E-state index contributed by atoms with van der Waals surface area (Å²) in [5.74, 6) is 0. The highest BCUT2D eigenvalue weighted by Gasteiger charge is 2.26. The number of nitriles is 1. The van der Waals surface area contributed by atoms with Gasteiger partial charge in [-0.25, -0.2) is 0 Å². The lowest BCUT2D eigenvalue weighted by atomic mass is 10.1. The maximum atomic E-state index is 12.0. The zero-order valence-corrected chi connectivity index (χ0v) is 10.1. The van der Waals surface area contributed by atoms with Crippen LogP contribution in [0.25, 0.3) is 0 Å². The zero-order chi connectivity index (χ0) is 13.6. The molecule has 0 aliphatic carbocycles. The summed E-state index contributed by atoms with van der Waals surface area (Å²) in [5.41, 5.74) is 1.37. The maximum absolute atomic E-state index is 12.0. The monoisotopic (exact) mass is 256 g/mol. The van der Waals surface area contributed by atoms with Crippen molar-refractivity contribution in [2.45, 2.75) is 38.4 Å². The van der Waals surface area contributed by atoms with Gasteiger partial charge in [-0.1, -0.05) is 0 Å². The van der Waals surface area contributed by atoms with Crippen LogP contribution < -0.4 is 5.32 Å². The summed E-state index contributed by atoms with van der Waals surface area (Å²) >= 11 is 0. The molecule has 1 aromatic rings. The Morgan fingerprint density at radius 1 is 1.28 bits per heavy atom. The summed E-state index contributed by atoms with van der Waals surface area (Å²) < 4.78 is 35.9. The van der Waals surface area contributed by atoms with E-state index in [1.165, 1.54) is 0 Å². The normalized spacial score (nSPS) is 12.8. The molecule has 0 saturated heterocycles. The van der Waals surface area contributed by atoms with E-state index in [1.807, 2.05) is 13.0 Å². The Kier molecular flexibility index (Phi) is 5.02. The molecular weight excluding hydrogens is 241 g/mol. The molecule has 1 unspecified atom stereocenters. The van der Waals surface area contributed by atoms with E-state index < -0.39 is 12.6 Å². The molecule has 1 atom stereocenters. The van der Waals surface area contributed by atoms with E-state index in [0.29, 0.717) is 12.0 Å². The van der Waals surface area contributed by atoms with Gasteiger partial charge >= 0.3 is 6.18 Å². The van der Waals surface area contributed by atoms with Gasteiger partial charge in [0.15, 0.2) is 0 Å². The summed E-state index contributed by atoms with van der Waals surface area (Å²) in [6.45, 7) is 1.84. The van der Waals surface area contributed by atoms with Gasteiger partial charge in [-0.15, -0.1) is 0 Å². The van der Waals surface area contributed by atoms with Gasteiger partial charge in [0, 0.05) is 18.2 Å². The van der Waals surface area contributed by atoms with Crippen LogP contribution in [0.1, 0.15) is 31.7 Å². The Bertz CT molecular complexity index is 404. The van der Waals surface area contributed by atoms with Crippen LogP contribution in [-0.2, 0) is 0 Å². The van der Waals surface area contributed by atoms with Gasteiger partial charge in [0.25, 0.3) is 0 Å². The molecule has 1 N–H and O–H groups in total. The standard InChI is InChI=1S/C13H15F3N2/c1-10(3-2-8-13(14,15)16)18-12-6-4-11(9-17)5-7-12/h4-7,10,18H,2-3,8H2,1H3. The minimum Gasteiger partial charge on any atom is -0.383 e. The Morgan fingerprint density at radius 2 is 1.89 bits per heavy atom. The third-order valence-corrected chi connectivity index (χ3v) is 2.52. The average molecular weight is 256 g/mol. The molecule has 0 radical (unpaired) electrons. The topological polar surface area (TPSA) is 35.8 Å². The Hall–Kier alpha value is -1.70. The first-order chi connectivity index (χ1) is 8.40. The van der Waals surface area contributed by atoms with E-state index in [4.69, 9.17) is 5.26 Å². The van der Waals surface area contributed by atoms with Gasteiger partial charge in [0.05, 0.1) is 11.6 Å². The number of rotatable bonds is 5. The molecule has 0 aliphatic heterocycles. The van der Waals surface area contributed by atoms with Gasteiger partial charge < -0.3 is 5.32 Å². The highest BCUT2D eigenvalue weighted by Crippen LogP contribution is 2.23. The van der Waals surface area contributed by atoms with E-state index in [9.17, 15) is 13.2 Å². The van der Waals surface area contributed by atoms with Gasteiger partial charge in [-0.2, -0.15) is 18.4 Å². The van der Waals surface area contributed by atoms with Crippen molar-refractivity contribution in [3.8, 4) is 6.07 Å². The largest absolute Gasteiger partial charge is 0.389 e. The molecule has 1 rings (SSSR count). The predicted molar refractivity (Wildman–Crippen MR) is 64.1 cm³/mol. The Labute approximate surface area is 104 Å². The van der Waals surface area contributed by atoms with Crippen LogP contribution in [0.4, 0.5) is 18.9 Å². The second-order valence-corrected chi connectivity index (χ2v) is 4.24. The molecule has 1 aromatic carbocycles. The zero-order valence-electron chi connectivity index (χ0n) is 10.1. The SMILES string of the molecule is CC(CCCC(F)(F)F)Nc1ccc(C#N)cc1. The van der Waals surface area contributed by atoms with Gasteiger partial charge in [0.1, 0.15) is 0 Å². The van der Waals surface area contributed by atoms with Gasteiger partial charge in [-0.05, 0) is 44.0 Å². The van der Waals surface area contributed by atoms with Crippen LogP contribution in [0.2, 0.25) is 0 Å². The van der Waals surface area contributed by atoms with Crippen molar-refractivity contribution in [1.29, 1.82) is 5.26 Å². The summed E-state index contributed by atoms with van der Waals surface area (Å²) in [7, 11) is 0. The van der Waals surface area contributed by atoms with E-state index in [0.717, 1.165) is 5.69 Å². The number of benzene rings is 1. The fourth-order valence-electron chi connectivity index (χ4n) is 1.61. The number of hydrogen-bond donors (Lipinski definition) is 1. The van der Waals surface area contributed by atoms with Gasteiger partial charge in [-0.3, -0.25) is 0 Å². The maximum Gasteiger partial charge on any atom is 0.389 e. The quantitative estimate of drug-likeness (QED) is 0.861. The van der Waals surface area contributed by atoms with Crippen LogP contribution in [0.3, 0.4) is 0 Å². The average Bonchev–Trinajstić information content (AvgIpc) is 2.28. The third kappa shape index (κ3) is 5.58. The number of halogens is 3. The summed E-state index contributed by atoms with van der Waals surface area (Å²) in [5, 5.41) is 11.7. The van der Waals surface area contributed by atoms with Crippen LogP contribution in [0, 0.1) is 11.3 Å². The van der Waals surface area contributed by atoms with Crippen molar-refractivity contribution >= 4 is 5.69 Å². The van der Waals surface area contributed by atoms with E-state index >= 15 is 0 Å². The smallest absolute Gasteiger partial charge is 0.383 e. The minimum absolute atomic E-state index is 0.0275. The number of hydrogen-bond acceptors (Lipinski definition) is 2. The van der Waals surface area contributed by atoms with Crippen molar-refractivity contribution in [3.63, 3.8) is 0 Å². The van der Waals surface area contributed by atoms with E-state index in [1.54, 1.807) is 24.3 Å². The van der Waals surface area contributed by atoms with E-state index in [-0.39, 0.29) is 12.5 Å². The minimum atomic E-state index is -4.08.